The van der Waals surface area contributed by atoms with Crippen LogP contribution < -0.4 is 5.32 Å². The van der Waals surface area contributed by atoms with Gasteiger partial charge in [-0.15, -0.1) is 0 Å². The van der Waals surface area contributed by atoms with Crippen molar-refractivity contribution in [2.45, 2.75) is 39.7 Å². The van der Waals surface area contributed by atoms with Gasteiger partial charge in [0.05, 0.1) is 23.7 Å². The molecule has 2 aromatic heterocycles. The number of carbonyl (C=O) groups excluding carboxylic acids is 1. The summed E-state index contributed by atoms with van der Waals surface area (Å²) in [5.74, 6) is -0.0208. The van der Waals surface area contributed by atoms with E-state index in [9.17, 15) is 4.79 Å². The highest BCUT2D eigenvalue weighted by molar-refractivity contribution is 5.87. The van der Waals surface area contributed by atoms with Gasteiger partial charge in [0.1, 0.15) is 0 Å². The lowest BCUT2D eigenvalue weighted by Crippen LogP contribution is -2.32. The summed E-state index contributed by atoms with van der Waals surface area (Å²) in [5, 5.41) is 11.4. The Hall–Kier alpha value is -2.69. The molecule has 0 radical (unpaired) electrons. The monoisotopic (exact) mass is 336 g/mol. The maximum absolute atomic E-state index is 12.6. The van der Waals surface area contributed by atoms with Crippen molar-refractivity contribution in [3.8, 4) is 0 Å². The van der Waals surface area contributed by atoms with E-state index >= 15 is 0 Å². The normalized spacial score (nSPS) is 12.9. The summed E-state index contributed by atoms with van der Waals surface area (Å²) in [5.41, 5.74) is 2.84. The number of hydrogen-bond acceptors (Lipinski definition) is 3. The Bertz CT molecular complexity index is 849. The number of aromatic nitrogens is 3. The van der Waals surface area contributed by atoms with Gasteiger partial charge in [-0.05, 0) is 29.5 Å². The zero-order chi connectivity index (χ0) is 17.9. The van der Waals surface area contributed by atoms with Crippen LogP contribution in [0.1, 0.15) is 44.5 Å². The van der Waals surface area contributed by atoms with Crippen LogP contribution in [-0.4, -0.2) is 21.1 Å². The zero-order valence-corrected chi connectivity index (χ0v) is 14.9. The Morgan fingerprint density at radius 3 is 2.72 bits per heavy atom. The molecule has 0 aliphatic rings. The second-order valence-electron chi connectivity index (χ2n) is 7.57. The number of nitrogens with zero attached hydrogens (tertiary/aromatic N) is 2. The Labute approximate surface area is 147 Å². The molecule has 0 unspecified atom stereocenters. The number of amides is 1. The summed E-state index contributed by atoms with van der Waals surface area (Å²) in [7, 11) is 0. The minimum Gasteiger partial charge on any atom is -0.349 e. The van der Waals surface area contributed by atoms with Crippen molar-refractivity contribution < 1.29 is 4.79 Å². The number of para-hydroxylation sites is 1. The molecular weight excluding hydrogens is 312 g/mol. The minimum absolute atomic E-state index is 0.0208. The van der Waals surface area contributed by atoms with E-state index in [1.807, 2.05) is 42.6 Å². The van der Waals surface area contributed by atoms with Crippen LogP contribution in [0, 0.1) is 5.41 Å². The number of aromatic amines is 1. The van der Waals surface area contributed by atoms with Crippen molar-refractivity contribution in [1.29, 1.82) is 0 Å². The highest BCUT2D eigenvalue weighted by Gasteiger charge is 2.22. The topological polar surface area (TPSA) is 70.7 Å². The summed E-state index contributed by atoms with van der Waals surface area (Å²) >= 11 is 0. The molecule has 2 N–H and O–H groups in total. The first-order valence-corrected chi connectivity index (χ1v) is 8.54. The first kappa shape index (κ1) is 17.1. The molecular formula is C20H24N4O. The summed E-state index contributed by atoms with van der Waals surface area (Å²) in [4.78, 5) is 16.8. The highest BCUT2D eigenvalue weighted by Crippen LogP contribution is 2.29. The van der Waals surface area contributed by atoms with Crippen LogP contribution in [0.5, 0.6) is 0 Å². The van der Waals surface area contributed by atoms with E-state index in [-0.39, 0.29) is 23.8 Å². The van der Waals surface area contributed by atoms with Gasteiger partial charge in [0.2, 0.25) is 5.91 Å². The molecule has 1 amide bonds. The Morgan fingerprint density at radius 1 is 1.20 bits per heavy atom. The number of H-pyrrole nitrogens is 1. The van der Waals surface area contributed by atoms with Crippen molar-refractivity contribution in [3.63, 3.8) is 0 Å². The van der Waals surface area contributed by atoms with Crippen LogP contribution >= 0.6 is 0 Å². The third-order valence-corrected chi connectivity index (χ3v) is 4.12. The van der Waals surface area contributed by atoms with E-state index in [0.717, 1.165) is 28.6 Å². The van der Waals surface area contributed by atoms with Gasteiger partial charge in [-0.1, -0.05) is 45.0 Å². The predicted molar refractivity (Wildman–Crippen MR) is 99.0 cm³/mol. The SMILES string of the molecule is CC(C)(C)C[C@@H](NC(=O)Cc1[nH]nc2ccccc12)c1cccnc1. The zero-order valence-electron chi connectivity index (χ0n) is 14.9. The fourth-order valence-corrected chi connectivity index (χ4v) is 3.00. The molecule has 0 saturated heterocycles. The molecule has 0 aliphatic carbocycles. The van der Waals surface area contributed by atoms with Gasteiger partial charge in [0.15, 0.2) is 0 Å². The lowest BCUT2D eigenvalue weighted by atomic mass is 9.85. The van der Waals surface area contributed by atoms with Gasteiger partial charge in [-0.2, -0.15) is 5.10 Å². The third-order valence-electron chi connectivity index (χ3n) is 4.12. The second kappa shape index (κ2) is 7.05. The van der Waals surface area contributed by atoms with Gasteiger partial charge in [0.25, 0.3) is 0 Å². The summed E-state index contributed by atoms with van der Waals surface area (Å²) < 4.78 is 0. The van der Waals surface area contributed by atoms with E-state index < -0.39 is 0 Å². The average Bonchev–Trinajstić information content (AvgIpc) is 2.97. The molecule has 0 spiro atoms. The van der Waals surface area contributed by atoms with E-state index in [4.69, 9.17) is 0 Å². The molecule has 3 aromatic rings. The molecule has 2 heterocycles. The average molecular weight is 336 g/mol. The standard InChI is InChI=1S/C20H24N4O/c1-20(2,3)12-18(14-7-6-10-21-13-14)22-19(25)11-17-15-8-4-5-9-16(15)23-24-17/h4-10,13,18H,11-12H2,1-3H3,(H,22,25)(H,23,24)/t18-/m1/s1. The molecule has 25 heavy (non-hydrogen) atoms. The number of carbonyl (C=O) groups is 1. The number of nitrogens with one attached hydrogen (secondary N) is 2. The van der Waals surface area contributed by atoms with Crippen molar-refractivity contribution in [2.75, 3.05) is 0 Å². The largest absolute Gasteiger partial charge is 0.349 e. The smallest absolute Gasteiger partial charge is 0.226 e. The van der Waals surface area contributed by atoms with Crippen LogP contribution in [0.2, 0.25) is 0 Å². The lowest BCUT2D eigenvalue weighted by Gasteiger charge is -2.27. The maximum Gasteiger partial charge on any atom is 0.226 e. The molecule has 1 atom stereocenters. The third kappa shape index (κ3) is 4.44. The molecule has 5 heteroatoms. The molecule has 0 aliphatic heterocycles. The molecule has 5 nitrogen and oxygen atoms in total. The van der Waals surface area contributed by atoms with Gasteiger partial charge < -0.3 is 5.32 Å². The highest BCUT2D eigenvalue weighted by atomic mass is 16.1. The molecule has 0 bridgehead atoms. The second-order valence-corrected chi connectivity index (χ2v) is 7.57. The first-order chi connectivity index (χ1) is 11.9. The fourth-order valence-electron chi connectivity index (χ4n) is 3.00. The van der Waals surface area contributed by atoms with Crippen LogP contribution in [0.3, 0.4) is 0 Å². The number of fused-ring (bicyclic) bond motifs is 1. The predicted octanol–water partition coefficient (Wildman–Crippen LogP) is 3.79. The number of pyridine rings is 1. The Kier molecular flexibility index (Phi) is 4.83. The number of rotatable bonds is 5. The molecule has 0 saturated carbocycles. The van der Waals surface area contributed by atoms with Crippen LogP contribution in [-0.2, 0) is 11.2 Å². The number of benzene rings is 1. The van der Waals surface area contributed by atoms with Gasteiger partial charge in [-0.25, -0.2) is 0 Å². The van der Waals surface area contributed by atoms with Gasteiger partial charge >= 0.3 is 0 Å². The quantitative estimate of drug-likeness (QED) is 0.744. The van der Waals surface area contributed by atoms with E-state index in [2.05, 4.69) is 41.3 Å². The van der Waals surface area contributed by atoms with Crippen molar-refractivity contribution in [2.24, 2.45) is 5.41 Å². The molecule has 0 fully saturated rings. The van der Waals surface area contributed by atoms with Gasteiger partial charge in [-0.3, -0.25) is 14.9 Å². The minimum atomic E-state index is -0.0598. The molecule has 3 rings (SSSR count). The molecule has 1 aromatic carbocycles. The molecule has 130 valence electrons. The van der Waals surface area contributed by atoms with Crippen molar-refractivity contribution in [3.05, 3.63) is 60.0 Å². The summed E-state index contributed by atoms with van der Waals surface area (Å²) in [6, 6.07) is 11.7. The summed E-state index contributed by atoms with van der Waals surface area (Å²) in [6.07, 6.45) is 4.69. The van der Waals surface area contributed by atoms with Gasteiger partial charge in [0, 0.05) is 17.8 Å². The Morgan fingerprint density at radius 2 is 2.00 bits per heavy atom. The van der Waals surface area contributed by atoms with E-state index in [0.29, 0.717) is 0 Å². The lowest BCUT2D eigenvalue weighted by molar-refractivity contribution is -0.121. The number of hydrogen-bond donors (Lipinski definition) is 2. The van der Waals surface area contributed by atoms with Crippen LogP contribution in [0.4, 0.5) is 0 Å². The van der Waals surface area contributed by atoms with Crippen molar-refractivity contribution >= 4 is 16.8 Å². The van der Waals surface area contributed by atoms with Crippen molar-refractivity contribution in [1.82, 2.24) is 20.5 Å². The van der Waals surface area contributed by atoms with E-state index in [1.165, 1.54) is 0 Å². The maximum atomic E-state index is 12.6. The summed E-state index contributed by atoms with van der Waals surface area (Å²) in [6.45, 7) is 6.51. The van der Waals surface area contributed by atoms with Crippen LogP contribution in [0.15, 0.2) is 48.8 Å². The fraction of sp³-hybridized carbons (Fsp3) is 0.350. The first-order valence-electron chi connectivity index (χ1n) is 8.54. The Balaban J connectivity index is 1.76. The van der Waals surface area contributed by atoms with Crippen LogP contribution in [0.25, 0.3) is 10.9 Å². The van der Waals surface area contributed by atoms with E-state index in [1.54, 1.807) is 6.20 Å².